The number of nitrogens with zero attached hydrogens (tertiary/aromatic N) is 2. The standard InChI is InChI=1S/C14H16FN3O2/c1-8(16)11-5-4-10(15)6-12(11)19-7-13-17-14(18-20-13)9-2-3-9/h4-6,8-9H,2-3,7,16H2,1H3/t8-/m0/s1. The lowest BCUT2D eigenvalue weighted by atomic mass is 10.1. The number of hydrogen-bond donors (Lipinski definition) is 1. The highest BCUT2D eigenvalue weighted by Crippen LogP contribution is 2.38. The Bertz CT molecular complexity index is 608. The molecule has 0 aliphatic heterocycles. The number of nitrogens with two attached hydrogens (primary N) is 1. The van der Waals surface area contributed by atoms with Gasteiger partial charge in [-0.15, -0.1) is 0 Å². The molecule has 0 bridgehead atoms. The van der Waals surface area contributed by atoms with Crippen molar-refractivity contribution in [2.75, 3.05) is 0 Å². The molecule has 0 spiro atoms. The molecule has 1 heterocycles. The highest BCUT2D eigenvalue weighted by molar-refractivity contribution is 5.36. The van der Waals surface area contributed by atoms with Gasteiger partial charge in [0.2, 0.25) is 0 Å². The largest absolute Gasteiger partial charge is 0.483 e. The third-order valence-electron chi connectivity index (χ3n) is 3.24. The predicted molar refractivity (Wildman–Crippen MR) is 69.6 cm³/mol. The zero-order valence-electron chi connectivity index (χ0n) is 11.2. The average Bonchev–Trinajstić information content (AvgIpc) is 3.15. The SMILES string of the molecule is C[C@H](N)c1ccc(F)cc1OCc1nc(C2CC2)no1. The first-order chi connectivity index (χ1) is 9.63. The van der Waals surface area contributed by atoms with Crippen LogP contribution in [0.2, 0.25) is 0 Å². The van der Waals surface area contributed by atoms with Crippen molar-refractivity contribution in [2.45, 2.75) is 38.3 Å². The van der Waals surface area contributed by atoms with Gasteiger partial charge < -0.3 is 15.0 Å². The van der Waals surface area contributed by atoms with Crippen LogP contribution in [0.4, 0.5) is 4.39 Å². The topological polar surface area (TPSA) is 74.2 Å². The lowest BCUT2D eigenvalue weighted by Gasteiger charge is -2.12. The molecule has 20 heavy (non-hydrogen) atoms. The molecule has 1 aromatic heterocycles. The number of aromatic nitrogens is 2. The van der Waals surface area contributed by atoms with Gasteiger partial charge in [0.15, 0.2) is 12.4 Å². The third-order valence-corrected chi connectivity index (χ3v) is 3.24. The summed E-state index contributed by atoms with van der Waals surface area (Å²) in [5, 5.41) is 3.90. The van der Waals surface area contributed by atoms with E-state index in [4.69, 9.17) is 15.0 Å². The van der Waals surface area contributed by atoms with Crippen LogP contribution in [0.1, 0.15) is 49.0 Å². The van der Waals surface area contributed by atoms with Gasteiger partial charge in [0.25, 0.3) is 5.89 Å². The molecular weight excluding hydrogens is 261 g/mol. The first kappa shape index (κ1) is 13.1. The Labute approximate surface area is 115 Å². The molecule has 1 aliphatic rings. The van der Waals surface area contributed by atoms with Gasteiger partial charge >= 0.3 is 0 Å². The Kier molecular flexibility index (Phi) is 3.40. The zero-order valence-corrected chi connectivity index (χ0v) is 11.2. The first-order valence-corrected chi connectivity index (χ1v) is 6.64. The summed E-state index contributed by atoms with van der Waals surface area (Å²) < 4.78 is 24.0. The smallest absolute Gasteiger partial charge is 0.264 e. The van der Waals surface area contributed by atoms with Crippen LogP contribution in [0.5, 0.6) is 5.75 Å². The molecule has 6 heteroatoms. The first-order valence-electron chi connectivity index (χ1n) is 6.64. The molecule has 1 saturated carbocycles. The minimum Gasteiger partial charge on any atom is -0.483 e. The minimum absolute atomic E-state index is 0.114. The minimum atomic E-state index is -0.367. The summed E-state index contributed by atoms with van der Waals surface area (Å²) in [5.41, 5.74) is 6.58. The molecule has 1 fully saturated rings. The summed E-state index contributed by atoms with van der Waals surface area (Å²) in [6.45, 7) is 1.93. The van der Waals surface area contributed by atoms with Crippen molar-refractivity contribution in [3.05, 3.63) is 41.3 Å². The Morgan fingerprint density at radius 3 is 3.00 bits per heavy atom. The Morgan fingerprint density at radius 2 is 2.30 bits per heavy atom. The maximum atomic E-state index is 13.3. The molecular formula is C14H16FN3O2. The molecule has 1 aliphatic carbocycles. The van der Waals surface area contributed by atoms with E-state index < -0.39 is 0 Å². The fraction of sp³-hybridized carbons (Fsp3) is 0.429. The summed E-state index contributed by atoms with van der Waals surface area (Å²) in [5.74, 6) is 1.60. The van der Waals surface area contributed by atoms with Crippen molar-refractivity contribution in [3.63, 3.8) is 0 Å². The van der Waals surface area contributed by atoms with Crippen molar-refractivity contribution in [2.24, 2.45) is 5.73 Å². The number of rotatable bonds is 5. The van der Waals surface area contributed by atoms with E-state index in [2.05, 4.69) is 10.1 Å². The van der Waals surface area contributed by atoms with Crippen LogP contribution in [0.3, 0.4) is 0 Å². The predicted octanol–water partition coefficient (Wildman–Crippen LogP) is 2.68. The molecule has 0 amide bonds. The van der Waals surface area contributed by atoms with Gasteiger partial charge in [-0.25, -0.2) is 4.39 Å². The Morgan fingerprint density at radius 1 is 1.50 bits per heavy atom. The number of halogens is 1. The van der Waals surface area contributed by atoms with Gasteiger partial charge in [-0.1, -0.05) is 11.2 Å². The highest BCUT2D eigenvalue weighted by Gasteiger charge is 2.28. The molecule has 2 N–H and O–H groups in total. The summed E-state index contributed by atoms with van der Waals surface area (Å²) in [4.78, 5) is 4.26. The summed E-state index contributed by atoms with van der Waals surface area (Å²) >= 11 is 0. The fourth-order valence-electron chi connectivity index (χ4n) is 1.98. The third kappa shape index (κ3) is 2.80. The van der Waals surface area contributed by atoms with Gasteiger partial charge in [-0.3, -0.25) is 0 Å². The van der Waals surface area contributed by atoms with Gasteiger partial charge in [0.1, 0.15) is 11.6 Å². The van der Waals surface area contributed by atoms with E-state index in [-0.39, 0.29) is 18.5 Å². The molecule has 0 saturated heterocycles. The maximum Gasteiger partial charge on any atom is 0.264 e. The fourth-order valence-corrected chi connectivity index (χ4v) is 1.98. The second-order valence-corrected chi connectivity index (χ2v) is 5.08. The van der Waals surface area contributed by atoms with Crippen LogP contribution in [-0.2, 0) is 6.61 Å². The van der Waals surface area contributed by atoms with Crippen LogP contribution in [0, 0.1) is 5.82 Å². The van der Waals surface area contributed by atoms with Gasteiger partial charge in [-0.2, -0.15) is 4.98 Å². The van der Waals surface area contributed by atoms with Crippen molar-refractivity contribution in [1.82, 2.24) is 10.1 Å². The van der Waals surface area contributed by atoms with Crippen molar-refractivity contribution in [3.8, 4) is 5.75 Å². The van der Waals surface area contributed by atoms with E-state index in [0.29, 0.717) is 17.6 Å². The number of hydrogen-bond acceptors (Lipinski definition) is 5. The van der Waals surface area contributed by atoms with Crippen molar-refractivity contribution < 1.29 is 13.7 Å². The number of benzene rings is 1. The van der Waals surface area contributed by atoms with Gasteiger partial charge in [0.05, 0.1) is 0 Å². The average molecular weight is 277 g/mol. The van der Waals surface area contributed by atoms with Crippen LogP contribution < -0.4 is 10.5 Å². The second kappa shape index (κ2) is 5.20. The normalized spacial score (nSPS) is 16.1. The monoisotopic (exact) mass is 277 g/mol. The van der Waals surface area contributed by atoms with E-state index in [1.165, 1.54) is 12.1 Å². The van der Waals surface area contributed by atoms with E-state index in [9.17, 15) is 4.39 Å². The molecule has 3 rings (SSSR count). The van der Waals surface area contributed by atoms with E-state index in [1.807, 2.05) is 6.92 Å². The van der Waals surface area contributed by atoms with E-state index >= 15 is 0 Å². The molecule has 5 nitrogen and oxygen atoms in total. The number of ether oxygens (including phenoxy) is 1. The molecule has 2 aromatic rings. The quantitative estimate of drug-likeness (QED) is 0.909. The molecule has 1 atom stereocenters. The van der Waals surface area contributed by atoms with Crippen LogP contribution in [0.25, 0.3) is 0 Å². The van der Waals surface area contributed by atoms with E-state index in [1.54, 1.807) is 6.07 Å². The van der Waals surface area contributed by atoms with E-state index in [0.717, 1.165) is 24.2 Å². The molecule has 0 radical (unpaired) electrons. The lowest BCUT2D eigenvalue weighted by molar-refractivity contribution is 0.239. The van der Waals surface area contributed by atoms with Crippen LogP contribution >= 0.6 is 0 Å². The van der Waals surface area contributed by atoms with Crippen LogP contribution in [-0.4, -0.2) is 10.1 Å². The summed E-state index contributed by atoms with van der Waals surface area (Å²) in [6.07, 6.45) is 2.22. The molecule has 106 valence electrons. The zero-order chi connectivity index (χ0) is 14.1. The van der Waals surface area contributed by atoms with Crippen molar-refractivity contribution in [1.29, 1.82) is 0 Å². The Hall–Kier alpha value is -1.95. The summed E-state index contributed by atoms with van der Waals surface area (Å²) in [7, 11) is 0. The molecule has 0 unspecified atom stereocenters. The van der Waals surface area contributed by atoms with Gasteiger partial charge in [0, 0.05) is 23.6 Å². The van der Waals surface area contributed by atoms with Crippen LogP contribution in [0.15, 0.2) is 22.7 Å². The Balaban J connectivity index is 1.71. The van der Waals surface area contributed by atoms with Crippen molar-refractivity contribution >= 4 is 0 Å². The highest BCUT2D eigenvalue weighted by atomic mass is 19.1. The summed E-state index contributed by atoms with van der Waals surface area (Å²) in [6, 6.07) is 4.06. The maximum absolute atomic E-state index is 13.3. The second-order valence-electron chi connectivity index (χ2n) is 5.08. The van der Waals surface area contributed by atoms with Gasteiger partial charge in [-0.05, 0) is 25.8 Å². The lowest BCUT2D eigenvalue weighted by Crippen LogP contribution is -2.08. The molecule has 1 aromatic carbocycles.